The van der Waals surface area contributed by atoms with Crippen molar-refractivity contribution < 1.29 is 9.59 Å². The van der Waals surface area contributed by atoms with E-state index in [-0.39, 0.29) is 17.9 Å². The highest BCUT2D eigenvalue weighted by atomic mass is 35.5. The Kier molecular flexibility index (Phi) is 5.29. The summed E-state index contributed by atoms with van der Waals surface area (Å²) in [7, 11) is 0. The first kappa shape index (κ1) is 17.1. The van der Waals surface area contributed by atoms with E-state index in [1.54, 1.807) is 11.0 Å². The topological polar surface area (TPSA) is 52.7 Å². The van der Waals surface area contributed by atoms with Crippen LogP contribution in [0.2, 0.25) is 5.02 Å². The predicted molar refractivity (Wildman–Crippen MR) is 95.3 cm³/mol. The highest BCUT2D eigenvalue weighted by Crippen LogP contribution is 2.28. The first-order valence-electron chi connectivity index (χ1n) is 8.65. The maximum Gasteiger partial charge on any atom is 0.321 e. The molecule has 1 heterocycles. The molecule has 24 heavy (non-hydrogen) atoms. The molecule has 130 valence electrons. The summed E-state index contributed by atoms with van der Waals surface area (Å²) in [6.45, 7) is 4.55. The highest BCUT2D eigenvalue weighted by molar-refractivity contribution is 6.31. The van der Waals surface area contributed by atoms with Gasteiger partial charge in [0.05, 0.1) is 0 Å². The van der Waals surface area contributed by atoms with Crippen LogP contribution in [0.3, 0.4) is 0 Å². The molecule has 2 aliphatic rings. The molecule has 2 fully saturated rings. The highest BCUT2D eigenvalue weighted by Gasteiger charge is 2.30. The lowest BCUT2D eigenvalue weighted by atomic mass is 9.84. The number of anilines is 1. The van der Waals surface area contributed by atoms with E-state index in [2.05, 4.69) is 5.32 Å². The molecule has 1 N–H and O–H groups in total. The van der Waals surface area contributed by atoms with Crippen LogP contribution in [0.1, 0.15) is 31.2 Å². The molecule has 1 aromatic carbocycles. The molecule has 6 heteroatoms. The molecule has 1 aromatic rings. The van der Waals surface area contributed by atoms with Gasteiger partial charge in [-0.3, -0.25) is 4.79 Å². The number of carbonyl (C=O) groups excluding carboxylic acids is 2. The molecule has 5 nitrogen and oxygen atoms in total. The third-order valence-corrected chi connectivity index (χ3v) is 5.23. The number of benzene rings is 1. The summed E-state index contributed by atoms with van der Waals surface area (Å²) in [6.07, 6.45) is 4.03. The van der Waals surface area contributed by atoms with Crippen LogP contribution < -0.4 is 5.32 Å². The summed E-state index contributed by atoms with van der Waals surface area (Å²) in [5.74, 6) is 0.494. The van der Waals surface area contributed by atoms with Crippen molar-refractivity contribution in [1.29, 1.82) is 0 Å². The fourth-order valence-electron chi connectivity index (χ4n) is 3.18. The minimum atomic E-state index is -0.127. The van der Waals surface area contributed by atoms with Gasteiger partial charge in [0.2, 0.25) is 5.91 Å². The van der Waals surface area contributed by atoms with E-state index in [0.29, 0.717) is 24.7 Å². The predicted octanol–water partition coefficient (Wildman–Crippen LogP) is 3.51. The van der Waals surface area contributed by atoms with Gasteiger partial charge in [0.25, 0.3) is 0 Å². The molecule has 0 bridgehead atoms. The number of amides is 3. The normalized spacial score (nSPS) is 18.8. The van der Waals surface area contributed by atoms with Crippen molar-refractivity contribution in [2.75, 3.05) is 31.5 Å². The summed E-state index contributed by atoms with van der Waals surface area (Å²) in [5, 5.41) is 3.54. The Morgan fingerprint density at radius 3 is 2.50 bits per heavy atom. The van der Waals surface area contributed by atoms with E-state index in [9.17, 15) is 9.59 Å². The van der Waals surface area contributed by atoms with Gasteiger partial charge in [-0.2, -0.15) is 0 Å². The van der Waals surface area contributed by atoms with Gasteiger partial charge < -0.3 is 15.1 Å². The summed E-state index contributed by atoms with van der Waals surface area (Å²) in [4.78, 5) is 28.6. The molecule has 1 saturated heterocycles. The fourth-order valence-corrected chi connectivity index (χ4v) is 3.35. The second kappa shape index (κ2) is 7.43. The van der Waals surface area contributed by atoms with Gasteiger partial charge in [0.1, 0.15) is 0 Å². The van der Waals surface area contributed by atoms with Crippen molar-refractivity contribution in [2.45, 2.75) is 32.6 Å². The van der Waals surface area contributed by atoms with Crippen molar-refractivity contribution in [3.63, 3.8) is 0 Å². The number of rotatable bonds is 2. The van der Waals surface area contributed by atoms with Crippen LogP contribution in [0.4, 0.5) is 10.5 Å². The van der Waals surface area contributed by atoms with Gasteiger partial charge >= 0.3 is 6.03 Å². The molecule has 3 amide bonds. The molecule has 0 unspecified atom stereocenters. The lowest BCUT2D eigenvalue weighted by Gasteiger charge is -2.31. The molecule has 0 atom stereocenters. The largest absolute Gasteiger partial charge is 0.341 e. The third-order valence-electron chi connectivity index (χ3n) is 4.99. The smallest absolute Gasteiger partial charge is 0.321 e. The van der Waals surface area contributed by atoms with E-state index >= 15 is 0 Å². The number of nitrogens with one attached hydrogen (secondary N) is 1. The zero-order valence-corrected chi connectivity index (χ0v) is 14.8. The maximum absolute atomic E-state index is 12.5. The first-order chi connectivity index (χ1) is 11.5. The zero-order chi connectivity index (χ0) is 17.1. The Labute approximate surface area is 147 Å². The van der Waals surface area contributed by atoms with Gasteiger partial charge in [0.15, 0.2) is 0 Å². The van der Waals surface area contributed by atoms with Gasteiger partial charge in [-0.05, 0) is 43.9 Å². The van der Waals surface area contributed by atoms with Gasteiger partial charge in [-0.1, -0.05) is 24.1 Å². The Morgan fingerprint density at radius 2 is 1.79 bits per heavy atom. The lowest BCUT2D eigenvalue weighted by Crippen LogP contribution is -2.42. The monoisotopic (exact) mass is 349 g/mol. The third kappa shape index (κ3) is 3.83. The molecule has 1 saturated carbocycles. The van der Waals surface area contributed by atoms with Crippen LogP contribution in [0, 0.1) is 12.8 Å². The lowest BCUT2D eigenvalue weighted by molar-refractivity contribution is -0.138. The Morgan fingerprint density at radius 1 is 1.08 bits per heavy atom. The van der Waals surface area contributed by atoms with Crippen molar-refractivity contribution in [3.05, 3.63) is 28.8 Å². The fraction of sp³-hybridized carbons (Fsp3) is 0.556. The Bertz CT molecular complexity index is 631. The minimum absolute atomic E-state index is 0.127. The van der Waals surface area contributed by atoms with Crippen LogP contribution in [0.5, 0.6) is 0 Å². The zero-order valence-electron chi connectivity index (χ0n) is 14.1. The molecule has 0 spiro atoms. The van der Waals surface area contributed by atoms with Crippen LogP contribution in [-0.4, -0.2) is 47.9 Å². The summed E-state index contributed by atoms with van der Waals surface area (Å²) >= 11 is 6.01. The summed E-state index contributed by atoms with van der Waals surface area (Å²) in [5.41, 5.74) is 1.71. The summed E-state index contributed by atoms with van der Waals surface area (Å²) in [6, 6.07) is 5.33. The van der Waals surface area contributed by atoms with Crippen LogP contribution in [0.15, 0.2) is 18.2 Å². The minimum Gasteiger partial charge on any atom is -0.341 e. The van der Waals surface area contributed by atoms with E-state index < -0.39 is 0 Å². The molecule has 0 aromatic heterocycles. The van der Waals surface area contributed by atoms with E-state index in [1.807, 2.05) is 24.0 Å². The number of urea groups is 1. The standard InChI is InChI=1S/C18H24ClN3O2/c1-13-6-7-15(19)12-16(13)20-18(24)22-9-3-8-21(10-11-22)17(23)14-4-2-5-14/h6-7,12,14H,2-5,8-11H2,1H3,(H,20,24). The first-order valence-corrected chi connectivity index (χ1v) is 9.03. The molecular formula is C18H24ClN3O2. The Hall–Kier alpha value is -1.75. The van der Waals surface area contributed by atoms with Crippen molar-refractivity contribution in [3.8, 4) is 0 Å². The van der Waals surface area contributed by atoms with Crippen molar-refractivity contribution >= 4 is 29.2 Å². The van der Waals surface area contributed by atoms with Crippen LogP contribution in [-0.2, 0) is 4.79 Å². The number of hydrogen-bond donors (Lipinski definition) is 1. The molecular weight excluding hydrogens is 326 g/mol. The van der Waals surface area contributed by atoms with Crippen LogP contribution >= 0.6 is 11.6 Å². The van der Waals surface area contributed by atoms with Gasteiger partial charge in [-0.25, -0.2) is 4.79 Å². The summed E-state index contributed by atoms with van der Waals surface area (Å²) < 4.78 is 0. The molecule has 1 aliphatic heterocycles. The molecule has 1 aliphatic carbocycles. The van der Waals surface area contributed by atoms with Crippen molar-refractivity contribution in [2.24, 2.45) is 5.92 Å². The SMILES string of the molecule is Cc1ccc(Cl)cc1NC(=O)N1CCCN(C(=O)C2CCC2)CC1. The Balaban J connectivity index is 1.58. The van der Waals surface area contributed by atoms with E-state index in [0.717, 1.165) is 43.5 Å². The number of carbonyl (C=O) groups is 2. The average molecular weight is 350 g/mol. The number of nitrogens with zero attached hydrogens (tertiary/aromatic N) is 2. The molecule has 3 rings (SSSR count). The van der Waals surface area contributed by atoms with Crippen LogP contribution in [0.25, 0.3) is 0 Å². The van der Waals surface area contributed by atoms with E-state index in [4.69, 9.17) is 11.6 Å². The van der Waals surface area contributed by atoms with E-state index in [1.165, 1.54) is 0 Å². The van der Waals surface area contributed by atoms with Gasteiger partial charge in [0, 0.05) is 42.8 Å². The number of halogens is 1. The second-order valence-electron chi connectivity index (χ2n) is 6.68. The number of aryl methyl sites for hydroxylation is 1. The molecule has 0 radical (unpaired) electrons. The maximum atomic E-state index is 12.5. The quantitative estimate of drug-likeness (QED) is 0.888. The number of hydrogen-bond acceptors (Lipinski definition) is 2. The van der Waals surface area contributed by atoms with Crippen molar-refractivity contribution in [1.82, 2.24) is 9.80 Å². The average Bonchev–Trinajstić information content (AvgIpc) is 2.75. The van der Waals surface area contributed by atoms with Gasteiger partial charge in [-0.15, -0.1) is 0 Å². The second-order valence-corrected chi connectivity index (χ2v) is 7.12.